The van der Waals surface area contributed by atoms with Crippen molar-refractivity contribution >= 4 is 0 Å². The molecule has 5 nitrogen and oxygen atoms in total. The summed E-state index contributed by atoms with van der Waals surface area (Å²) in [5.41, 5.74) is 2.48. The Balaban J connectivity index is 1.59. The number of benzene rings is 2. The van der Waals surface area contributed by atoms with Crippen molar-refractivity contribution in [1.82, 2.24) is 14.7 Å². The summed E-state index contributed by atoms with van der Waals surface area (Å²) in [5.74, 6) is 2.43. The van der Waals surface area contributed by atoms with Crippen LogP contribution in [-0.4, -0.2) is 14.7 Å². The van der Waals surface area contributed by atoms with E-state index in [9.17, 15) is 0 Å². The molecule has 2 aromatic heterocycles. The van der Waals surface area contributed by atoms with Gasteiger partial charge in [-0.3, -0.25) is 0 Å². The minimum Gasteiger partial charge on any atom is -0.457 e. The molecule has 2 aromatic carbocycles. The van der Waals surface area contributed by atoms with Gasteiger partial charge in [0.1, 0.15) is 28.6 Å². The number of imidazole rings is 1. The molecule has 0 aliphatic carbocycles. The number of aromatic nitrogens is 3. The van der Waals surface area contributed by atoms with Crippen molar-refractivity contribution in [3.05, 3.63) is 78.9 Å². The van der Waals surface area contributed by atoms with E-state index in [0.29, 0.717) is 0 Å². The lowest BCUT2D eigenvalue weighted by Gasteiger charge is -2.08. The lowest BCUT2D eigenvalue weighted by atomic mass is 10.2. The lowest BCUT2D eigenvalue weighted by molar-refractivity contribution is 0.389. The molecule has 0 amide bonds. The van der Waals surface area contributed by atoms with Crippen molar-refractivity contribution in [2.24, 2.45) is 0 Å². The maximum atomic E-state index is 5.89. The van der Waals surface area contributed by atoms with Crippen molar-refractivity contribution in [2.45, 2.75) is 13.3 Å². The molecule has 0 fully saturated rings. The molecule has 0 aliphatic heterocycles. The molecule has 0 N–H and O–H groups in total. The van der Waals surface area contributed by atoms with Crippen LogP contribution in [0.3, 0.4) is 0 Å². The molecule has 0 radical (unpaired) electrons. The Labute approximate surface area is 145 Å². The Morgan fingerprint density at radius 2 is 1.80 bits per heavy atom. The summed E-state index contributed by atoms with van der Waals surface area (Å²) in [4.78, 5) is 4.42. The summed E-state index contributed by atoms with van der Waals surface area (Å²) in [7, 11) is 0. The normalized spacial score (nSPS) is 10.8. The molecule has 5 heteroatoms. The van der Waals surface area contributed by atoms with Crippen LogP contribution in [0.5, 0.6) is 11.5 Å². The summed E-state index contributed by atoms with van der Waals surface area (Å²) in [5, 5.41) is 4.06. The first-order valence-electron chi connectivity index (χ1n) is 8.15. The first-order chi connectivity index (χ1) is 12.3. The van der Waals surface area contributed by atoms with Crippen molar-refractivity contribution < 1.29 is 9.26 Å². The minimum atomic E-state index is 0.743. The molecule has 0 aliphatic rings. The Morgan fingerprint density at radius 1 is 0.960 bits per heavy atom. The monoisotopic (exact) mass is 331 g/mol. The molecule has 25 heavy (non-hydrogen) atoms. The van der Waals surface area contributed by atoms with Crippen LogP contribution in [0.4, 0.5) is 0 Å². The maximum Gasteiger partial charge on any atom is 0.137 e. The first-order valence-corrected chi connectivity index (χ1v) is 8.15. The highest BCUT2D eigenvalue weighted by Gasteiger charge is 2.09. The van der Waals surface area contributed by atoms with E-state index in [2.05, 4.69) is 10.1 Å². The molecule has 0 saturated carbocycles. The van der Waals surface area contributed by atoms with E-state index in [-0.39, 0.29) is 0 Å². The van der Waals surface area contributed by atoms with Crippen molar-refractivity contribution in [3.63, 3.8) is 0 Å². The number of hydrogen-bond acceptors (Lipinski definition) is 4. The Kier molecular flexibility index (Phi) is 4.04. The smallest absolute Gasteiger partial charge is 0.137 e. The minimum absolute atomic E-state index is 0.743. The molecular weight excluding hydrogens is 314 g/mol. The average molecular weight is 331 g/mol. The van der Waals surface area contributed by atoms with Gasteiger partial charge in [0, 0.05) is 24.8 Å². The van der Waals surface area contributed by atoms with Gasteiger partial charge in [-0.25, -0.2) is 4.98 Å². The molecule has 2 heterocycles. The Hall–Kier alpha value is -3.34. The standard InChI is InChI=1S/C20H17N3O2/c1-2-16-12-19(22-25-16)20-13-23(14-21-20)15-7-6-10-18(11-15)24-17-8-4-3-5-9-17/h3-14H,2H2,1H3. The van der Waals surface area contributed by atoms with Gasteiger partial charge in [-0.1, -0.05) is 36.3 Å². The number of hydrogen-bond donors (Lipinski definition) is 0. The predicted octanol–water partition coefficient (Wildman–Crippen LogP) is 4.88. The van der Waals surface area contributed by atoms with E-state index in [1.54, 1.807) is 6.33 Å². The van der Waals surface area contributed by atoms with Crippen molar-refractivity contribution in [1.29, 1.82) is 0 Å². The van der Waals surface area contributed by atoms with Crippen LogP contribution in [0.1, 0.15) is 12.7 Å². The second-order valence-electron chi connectivity index (χ2n) is 5.61. The summed E-state index contributed by atoms with van der Waals surface area (Å²) in [6, 6.07) is 19.5. The van der Waals surface area contributed by atoms with Crippen LogP contribution in [-0.2, 0) is 6.42 Å². The highest BCUT2D eigenvalue weighted by Crippen LogP contribution is 2.25. The second-order valence-corrected chi connectivity index (χ2v) is 5.61. The second kappa shape index (κ2) is 6.65. The summed E-state index contributed by atoms with van der Waals surface area (Å²) >= 11 is 0. The van der Waals surface area contributed by atoms with E-state index in [1.165, 1.54) is 0 Å². The van der Waals surface area contributed by atoms with Gasteiger partial charge in [-0.2, -0.15) is 0 Å². The van der Waals surface area contributed by atoms with Crippen LogP contribution in [0.25, 0.3) is 17.1 Å². The SMILES string of the molecule is CCc1cc(-c2cn(-c3cccc(Oc4ccccc4)c3)cn2)no1. The van der Waals surface area contributed by atoms with Crippen LogP contribution in [0.2, 0.25) is 0 Å². The van der Waals surface area contributed by atoms with Gasteiger partial charge < -0.3 is 13.8 Å². The van der Waals surface area contributed by atoms with Crippen LogP contribution < -0.4 is 4.74 Å². The highest BCUT2D eigenvalue weighted by atomic mass is 16.5. The fraction of sp³-hybridized carbons (Fsp3) is 0.100. The van der Waals surface area contributed by atoms with Crippen molar-refractivity contribution in [3.8, 4) is 28.6 Å². The third-order valence-electron chi connectivity index (χ3n) is 3.85. The maximum absolute atomic E-state index is 5.89. The third-order valence-corrected chi connectivity index (χ3v) is 3.85. The summed E-state index contributed by atoms with van der Waals surface area (Å²) < 4.78 is 13.1. The van der Waals surface area contributed by atoms with Gasteiger partial charge >= 0.3 is 0 Å². The number of ether oxygens (including phenoxy) is 1. The van der Waals surface area contributed by atoms with E-state index >= 15 is 0 Å². The largest absolute Gasteiger partial charge is 0.457 e. The molecule has 4 aromatic rings. The zero-order valence-electron chi connectivity index (χ0n) is 13.8. The van der Waals surface area contributed by atoms with Gasteiger partial charge in [-0.15, -0.1) is 0 Å². The lowest BCUT2D eigenvalue weighted by Crippen LogP contribution is -1.91. The van der Waals surface area contributed by atoms with Crippen LogP contribution in [0.15, 0.2) is 77.7 Å². The molecule has 0 saturated heterocycles. The number of aryl methyl sites for hydroxylation is 1. The van der Waals surface area contributed by atoms with E-state index in [1.807, 2.05) is 78.4 Å². The molecule has 4 rings (SSSR count). The zero-order valence-corrected chi connectivity index (χ0v) is 13.8. The highest BCUT2D eigenvalue weighted by molar-refractivity contribution is 5.54. The molecule has 0 unspecified atom stereocenters. The molecule has 0 atom stereocenters. The van der Waals surface area contributed by atoms with Gasteiger partial charge in [-0.05, 0) is 24.3 Å². The quantitative estimate of drug-likeness (QED) is 0.523. The van der Waals surface area contributed by atoms with E-state index < -0.39 is 0 Å². The van der Waals surface area contributed by atoms with Gasteiger partial charge in [0.05, 0.1) is 12.0 Å². The fourth-order valence-electron chi connectivity index (χ4n) is 2.53. The Bertz CT molecular complexity index is 973. The topological polar surface area (TPSA) is 53.1 Å². The molecule has 0 bridgehead atoms. The summed E-state index contributed by atoms with van der Waals surface area (Å²) in [6.45, 7) is 2.03. The molecular formula is C20H17N3O2. The van der Waals surface area contributed by atoms with Crippen LogP contribution in [0, 0.1) is 0 Å². The number of nitrogens with zero attached hydrogens (tertiary/aromatic N) is 3. The van der Waals surface area contributed by atoms with E-state index in [0.717, 1.165) is 40.8 Å². The van der Waals surface area contributed by atoms with Crippen LogP contribution >= 0.6 is 0 Å². The third kappa shape index (κ3) is 3.30. The number of para-hydroxylation sites is 1. The molecule has 124 valence electrons. The number of rotatable bonds is 5. The molecule has 0 spiro atoms. The van der Waals surface area contributed by atoms with Crippen molar-refractivity contribution in [2.75, 3.05) is 0 Å². The first kappa shape index (κ1) is 15.2. The summed E-state index contributed by atoms with van der Waals surface area (Å²) in [6.07, 6.45) is 4.50. The van der Waals surface area contributed by atoms with Gasteiger partial charge in [0.2, 0.25) is 0 Å². The average Bonchev–Trinajstić information content (AvgIpc) is 3.32. The van der Waals surface area contributed by atoms with Gasteiger partial charge in [0.25, 0.3) is 0 Å². The fourth-order valence-corrected chi connectivity index (χ4v) is 2.53. The van der Waals surface area contributed by atoms with Gasteiger partial charge in [0.15, 0.2) is 0 Å². The predicted molar refractivity (Wildman–Crippen MR) is 95.0 cm³/mol. The van der Waals surface area contributed by atoms with E-state index in [4.69, 9.17) is 9.26 Å². The Morgan fingerprint density at radius 3 is 2.60 bits per heavy atom. The zero-order chi connectivity index (χ0) is 17.1.